The fraction of sp³-hybridized carbons (Fsp3) is 0.391. The van der Waals surface area contributed by atoms with Gasteiger partial charge in [-0.15, -0.1) is 12.4 Å². The van der Waals surface area contributed by atoms with Crippen molar-refractivity contribution in [2.75, 3.05) is 51.4 Å². The largest absolute Gasteiger partial charge is 0.497 e. The molecule has 9 heteroatoms. The van der Waals surface area contributed by atoms with E-state index in [9.17, 15) is 4.79 Å². The smallest absolute Gasteiger partial charge is 0.233 e. The lowest BCUT2D eigenvalue weighted by molar-refractivity contribution is -0.118. The molecule has 172 valence electrons. The van der Waals surface area contributed by atoms with Gasteiger partial charge in [-0.25, -0.2) is 4.98 Å². The van der Waals surface area contributed by atoms with E-state index >= 15 is 0 Å². The van der Waals surface area contributed by atoms with Crippen LogP contribution in [0.2, 0.25) is 0 Å². The number of hydrogen-bond acceptors (Lipinski definition) is 6. The second-order valence-electron chi connectivity index (χ2n) is 7.49. The Balaban J connectivity index is 0.00000289. The average molecular weight is 541 g/mol. The van der Waals surface area contributed by atoms with Crippen molar-refractivity contribution in [2.24, 2.45) is 0 Å². The predicted octanol–water partition coefficient (Wildman–Crippen LogP) is 4.79. The molecule has 4 rings (SSSR count). The lowest BCUT2D eigenvalue weighted by Gasteiger charge is -2.27. The second kappa shape index (κ2) is 12.0. The van der Waals surface area contributed by atoms with Gasteiger partial charge in [0.1, 0.15) is 5.75 Å². The highest BCUT2D eigenvalue weighted by Crippen LogP contribution is 2.31. The van der Waals surface area contributed by atoms with Crippen molar-refractivity contribution >= 4 is 60.9 Å². The van der Waals surface area contributed by atoms with Crippen molar-refractivity contribution in [1.29, 1.82) is 0 Å². The SMILES string of the molecule is COc1ccc(CC(=O)N(CCCN2CCOCC2)c2nc3ccc(Br)cc3s2)cc1.Cl. The molecule has 0 atom stereocenters. The summed E-state index contributed by atoms with van der Waals surface area (Å²) >= 11 is 5.08. The number of ether oxygens (including phenoxy) is 2. The van der Waals surface area contributed by atoms with Crippen LogP contribution in [0.5, 0.6) is 5.75 Å². The predicted molar refractivity (Wildman–Crippen MR) is 135 cm³/mol. The summed E-state index contributed by atoms with van der Waals surface area (Å²) in [5.74, 6) is 0.848. The molecular formula is C23H27BrClN3O3S. The molecule has 1 amide bonds. The third kappa shape index (κ3) is 6.42. The van der Waals surface area contributed by atoms with Crippen LogP contribution >= 0.6 is 39.7 Å². The van der Waals surface area contributed by atoms with Gasteiger partial charge in [0.15, 0.2) is 5.13 Å². The molecule has 1 aromatic heterocycles. The van der Waals surface area contributed by atoms with Gasteiger partial charge in [0, 0.05) is 30.7 Å². The molecule has 0 radical (unpaired) electrons. The minimum Gasteiger partial charge on any atom is -0.497 e. The number of hydrogen-bond donors (Lipinski definition) is 0. The van der Waals surface area contributed by atoms with E-state index in [0.717, 1.165) is 70.4 Å². The molecule has 1 fully saturated rings. The molecule has 2 aromatic carbocycles. The maximum absolute atomic E-state index is 13.3. The molecule has 0 spiro atoms. The number of halogens is 2. The molecule has 32 heavy (non-hydrogen) atoms. The Morgan fingerprint density at radius 1 is 1.22 bits per heavy atom. The summed E-state index contributed by atoms with van der Waals surface area (Å²) in [6.07, 6.45) is 1.23. The first-order valence-electron chi connectivity index (χ1n) is 10.4. The van der Waals surface area contributed by atoms with Gasteiger partial charge in [-0.2, -0.15) is 0 Å². The van der Waals surface area contributed by atoms with Crippen molar-refractivity contribution in [1.82, 2.24) is 9.88 Å². The normalized spacial score (nSPS) is 14.2. The minimum absolute atomic E-state index is 0. The summed E-state index contributed by atoms with van der Waals surface area (Å²) in [5, 5.41) is 0.758. The van der Waals surface area contributed by atoms with E-state index in [0.29, 0.717) is 13.0 Å². The van der Waals surface area contributed by atoms with Gasteiger partial charge in [0.2, 0.25) is 5.91 Å². The van der Waals surface area contributed by atoms with Gasteiger partial charge in [-0.3, -0.25) is 14.6 Å². The number of thiazole rings is 1. The fourth-order valence-electron chi connectivity index (χ4n) is 3.62. The topological polar surface area (TPSA) is 54.9 Å². The van der Waals surface area contributed by atoms with Crippen LogP contribution in [0, 0.1) is 0 Å². The van der Waals surface area contributed by atoms with Crippen molar-refractivity contribution in [3.63, 3.8) is 0 Å². The van der Waals surface area contributed by atoms with Gasteiger partial charge in [0.05, 0.1) is 37.0 Å². The molecular weight excluding hydrogens is 514 g/mol. The van der Waals surface area contributed by atoms with E-state index in [1.165, 1.54) is 0 Å². The van der Waals surface area contributed by atoms with E-state index < -0.39 is 0 Å². The van der Waals surface area contributed by atoms with Crippen LogP contribution in [-0.2, 0) is 16.0 Å². The van der Waals surface area contributed by atoms with Crippen LogP contribution in [0.15, 0.2) is 46.9 Å². The van der Waals surface area contributed by atoms with Crippen molar-refractivity contribution in [3.05, 3.63) is 52.5 Å². The number of morpholine rings is 1. The lowest BCUT2D eigenvalue weighted by atomic mass is 10.1. The van der Waals surface area contributed by atoms with Crippen LogP contribution in [0.25, 0.3) is 10.2 Å². The Hall–Kier alpha value is -1.71. The minimum atomic E-state index is 0. The molecule has 6 nitrogen and oxygen atoms in total. The standard InChI is InChI=1S/C23H26BrN3O3S.ClH/c1-29-19-6-3-17(4-7-19)15-22(28)27(10-2-9-26-11-13-30-14-12-26)23-25-20-8-5-18(24)16-21(20)31-23;/h3-8,16H,2,9-15H2,1H3;1H. The molecule has 3 aromatic rings. The van der Waals surface area contributed by atoms with Crippen LogP contribution < -0.4 is 9.64 Å². The number of fused-ring (bicyclic) bond motifs is 1. The number of anilines is 1. The zero-order valence-corrected chi connectivity index (χ0v) is 21.2. The number of nitrogens with zero attached hydrogens (tertiary/aromatic N) is 3. The molecule has 2 heterocycles. The lowest BCUT2D eigenvalue weighted by Crippen LogP contribution is -2.39. The van der Waals surface area contributed by atoms with Crippen molar-refractivity contribution in [2.45, 2.75) is 12.8 Å². The Morgan fingerprint density at radius 2 is 1.97 bits per heavy atom. The van der Waals surface area contributed by atoms with Crippen LogP contribution in [0.1, 0.15) is 12.0 Å². The fourth-order valence-corrected chi connectivity index (χ4v) is 5.18. The molecule has 0 bridgehead atoms. The highest BCUT2D eigenvalue weighted by molar-refractivity contribution is 9.10. The summed E-state index contributed by atoms with van der Waals surface area (Å²) in [4.78, 5) is 22.3. The van der Waals surface area contributed by atoms with Crippen LogP contribution in [0.3, 0.4) is 0 Å². The molecule has 0 unspecified atom stereocenters. The summed E-state index contributed by atoms with van der Waals surface area (Å²) in [7, 11) is 1.64. The number of benzene rings is 2. The number of carbonyl (C=O) groups excluding carboxylic acids is 1. The van der Waals surface area contributed by atoms with E-state index in [2.05, 4.69) is 26.9 Å². The van der Waals surface area contributed by atoms with Gasteiger partial charge >= 0.3 is 0 Å². The molecule has 0 aliphatic carbocycles. The number of aromatic nitrogens is 1. The zero-order chi connectivity index (χ0) is 21.6. The van der Waals surface area contributed by atoms with Gasteiger partial charge in [-0.05, 0) is 42.3 Å². The van der Waals surface area contributed by atoms with E-state index in [-0.39, 0.29) is 18.3 Å². The van der Waals surface area contributed by atoms with E-state index in [1.54, 1.807) is 18.4 Å². The highest BCUT2D eigenvalue weighted by atomic mass is 79.9. The average Bonchev–Trinajstić information content (AvgIpc) is 3.20. The Morgan fingerprint density at radius 3 is 2.69 bits per heavy atom. The number of amides is 1. The molecule has 1 aliphatic heterocycles. The third-order valence-corrected chi connectivity index (χ3v) is 6.88. The first-order valence-corrected chi connectivity index (χ1v) is 12.0. The van der Waals surface area contributed by atoms with Crippen molar-refractivity contribution < 1.29 is 14.3 Å². The Labute approximate surface area is 207 Å². The molecule has 0 N–H and O–H groups in total. The maximum Gasteiger partial charge on any atom is 0.233 e. The monoisotopic (exact) mass is 539 g/mol. The summed E-state index contributed by atoms with van der Waals surface area (Å²) in [5.41, 5.74) is 1.88. The zero-order valence-electron chi connectivity index (χ0n) is 18.0. The summed E-state index contributed by atoms with van der Waals surface area (Å²) in [6, 6.07) is 13.7. The summed E-state index contributed by atoms with van der Waals surface area (Å²) < 4.78 is 12.7. The van der Waals surface area contributed by atoms with Crippen LogP contribution in [0.4, 0.5) is 5.13 Å². The van der Waals surface area contributed by atoms with Crippen molar-refractivity contribution in [3.8, 4) is 5.75 Å². The number of methoxy groups -OCH3 is 1. The Bertz CT molecular complexity index is 1030. The number of rotatable bonds is 8. The van der Waals surface area contributed by atoms with Gasteiger partial charge in [-0.1, -0.05) is 39.4 Å². The summed E-state index contributed by atoms with van der Waals surface area (Å²) in [6.45, 7) is 5.07. The maximum atomic E-state index is 13.3. The highest BCUT2D eigenvalue weighted by Gasteiger charge is 2.21. The number of carbonyl (C=O) groups is 1. The molecule has 0 saturated carbocycles. The van der Waals surface area contributed by atoms with E-state index in [4.69, 9.17) is 14.5 Å². The van der Waals surface area contributed by atoms with Gasteiger partial charge in [0.25, 0.3) is 0 Å². The Kier molecular flexibility index (Phi) is 9.31. The second-order valence-corrected chi connectivity index (χ2v) is 9.41. The van der Waals surface area contributed by atoms with Gasteiger partial charge < -0.3 is 9.47 Å². The molecule has 1 saturated heterocycles. The third-order valence-electron chi connectivity index (χ3n) is 5.35. The van der Waals surface area contributed by atoms with E-state index in [1.807, 2.05) is 41.3 Å². The first-order chi connectivity index (χ1) is 15.1. The van der Waals surface area contributed by atoms with Crippen LogP contribution in [-0.4, -0.2) is 62.3 Å². The quantitative estimate of drug-likeness (QED) is 0.411. The first kappa shape index (κ1) is 24.9. The molecule has 1 aliphatic rings.